The van der Waals surface area contributed by atoms with Crippen molar-refractivity contribution in [2.24, 2.45) is 0 Å². The van der Waals surface area contributed by atoms with E-state index in [4.69, 9.17) is 4.42 Å². The smallest absolute Gasteiger partial charge is 0.119 e. The predicted molar refractivity (Wildman–Crippen MR) is 48.7 cm³/mol. The van der Waals surface area contributed by atoms with Crippen LogP contribution >= 0.6 is 15.9 Å². The van der Waals surface area contributed by atoms with Gasteiger partial charge in [-0.2, -0.15) is 0 Å². The van der Waals surface area contributed by atoms with Crippen LogP contribution in [-0.4, -0.2) is 13.1 Å². The Hall–Kier alpha value is -0.280. The molecule has 0 saturated carbocycles. The lowest BCUT2D eigenvalue weighted by atomic mass is 10.3. The molecule has 0 atom stereocenters. The van der Waals surface area contributed by atoms with Crippen molar-refractivity contribution in [1.29, 1.82) is 0 Å². The summed E-state index contributed by atoms with van der Waals surface area (Å²) in [6.45, 7) is 4.08. The topological polar surface area (TPSA) is 25.2 Å². The lowest BCUT2D eigenvalue weighted by molar-refractivity contribution is 0.499. The van der Waals surface area contributed by atoms with Gasteiger partial charge in [0, 0.05) is 13.0 Å². The highest BCUT2D eigenvalue weighted by atomic mass is 79.9. The van der Waals surface area contributed by atoms with Crippen LogP contribution in [0.3, 0.4) is 0 Å². The minimum Gasteiger partial charge on any atom is -0.468 e. The van der Waals surface area contributed by atoms with Gasteiger partial charge in [0.25, 0.3) is 0 Å². The molecule has 0 aromatic carbocycles. The quantitative estimate of drug-likeness (QED) is 0.783. The zero-order chi connectivity index (χ0) is 8.10. The number of hydrogen-bond acceptors (Lipinski definition) is 2. The van der Waals surface area contributed by atoms with Crippen molar-refractivity contribution < 1.29 is 4.42 Å². The van der Waals surface area contributed by atoms with Crippen LogP contribution in [0.4, 0.5) is 0 Å². The molecule has 62 valence electrons. The average Bonchev–Trinajstić information content (AvgIpc) is 2.37. The van der Waals surface area contributed by atoms with Gasteiger partial charge in [0.05, 0.1) is 10.7 Å². The highest BCUT2D eigenvalue weighted by Gasteiger charge is 2.00. The molecule has 0 saturated heterocycles. The molecular formula is C8H12BrNO. The van der Waals surface area contributed by atoms with Gasteiger partial charge in [-0.3, -0.25) is 0 Å². The van der Waals surface area contributed by atoms with Gasteiger partial charge >= 0.3 is 0 Å². The van der Waals surface area contributed by atoms with Gasteiger partial charge in [0.2, 0.25) is 0 Å². The van der Waals surface area contributed by atoms with Crippen LogP contribution in [-0.2, 0) is 6.42 Å². The molecule has 0 aliphatic carbocycles. The van der Waals surface area contributed by atoms with Gasteiger partial charge in [-0.05, 0) is 28.5 Å². The fourth-order valence-corrected chi connectivity index (χ4v) is 1.28. The van der Waals surface area contributed by atoms with Crippen molar-refractivity contribution in [3.8, 4) is 0 Å². The number of likely N-dealkylation sites (N-methyl/N-ethyl adjacent to an activating group) is 1. The average molecular weight is 218 g/mol. The first kappa shape index (κ1) is 8.81. The standard InChI is InChI=1S/C8H12BrNO/c1-2-10-5-3-8-7(9)4-6-11-8/h4,6,10H,2-3,5H2,1H3. The maximum absolute atomic E-state index is 5.22. The highest BCUT2D eigenvalue weighted by Crippen LogP contribution is 2.17. The molecule has 1 N–H and O–H groups in total. The van der Waals surface area contributed by atoms with Crippen molar-refractivity contribution in [3.63, 3.8) is 0 Å². The SMILES string of the molecule is CCNCCc1occc1Br. The van der Waals surface area contributed by atoms with Crippen molar-refractivity contribution in [2.45, 2.75) is 13.3 Å². The molecule has 1 heterocycles. The first-order chi connectivity index (χ1) is 5.34. The molecule has 0 bridgehead atoms. The number of rotatable bonds is 4. The lowest BCUT2D eigenvalue weighted by Crippen LogP contribution is -2.15. The molecule has 1 aromatic rings. The monoisotopic (exact) mass is 217 g/mol. The second-order valence-electron chi connectivity index (χ2n) is 2.30. The van der Waals surface area contributed by atoms with Gasteiger partial charge in [0.1, 0.15) is 5.76 Å². The molecule has 0 fully saturated rings. The van der Waals surface area contributed by atoms with E-state index in [9.17, 15) is 0 Å². The highest BCUT2D eigenvalue weighted by molar-refractivity contribution is 9.10. The Balaban J connectivity index is 2.32. The molecule has 3 heteroatoms. The van der Waals surface area contributed by atoms with Crippen molar-refractivity contribution in [2.75, 3.05) is 13.1 Å². The molecule has 1 aromatic heterocycles. The van der Waals surface area contributed by atoms with Crippen LogP contribution in [0.5, 0.6) is 0 Å². The van der Waals surface area contributed by atoms with E-state index >= 15 is 0 Å². The maximum atomic E-state index is 5.22. The number of hydrogen-bond donors (Lipinski definition) is 1. The molecule has 2 nitrogen and oxygen atoms in total. The van der Waals surface area contributed by atoms with E-state index in [1.807, 2.05) is 6.07 Å². The summed E-state index contributed by atoms with van der Waals surface area (Å²) in [4.78, 5) is 0. The van der Waals surface area contributed by atoms with Crippen molar-refractivity contribution in [3.05, 3.63) is 22.6 Å². The van der Waals surface area contributed by atoms with E-state index in [0.717, 1.165) is 29.7 Å². The van der Waals surface area contributed by atoms with Crippen LogP contribution in [0.25, 0.3) is 0 Å². The van der Waals surface area contributed by atoms with Crippen LogP contribution in [0.1, 0.15) is 12.7 Å². The summed E-state index contributed by atoms with van der Waals surface area (Å²) < 4.78 is 6.29. The van der Waals surface area contributed by atoms with Crippen molar-refractivity contribution in [1.82, 2.24) is 5.32 Å². The summed E-state index contributed by atoms with van der Waals surface area (Å²) in [5, 5.41) is 3.23. The molecule has 0 aliphatic heterocycles. The van der Waals surface area contributed by atoms with Gasteiger partial charge in [-0.15, -0.1) is 0 Å². The second kappa shape index (κ2) is 4.57. The number of furan rings is 1. The van der Waals surface area contributed by atoms with Gasteiger partial charge in [-0.25, -0.2) is 0 Å². The van der Waals surface area contributed by atoms with Crippen molar-refractivity contribution >= 4 is 15.9 Å². The van der Waals surface area contributed by atoms with E-state index in [1.165, 1.54) is 0 Å². The second-order valence-corrected chi connectivity index (χ2v) is 3.15. The molecule has 0 amide bonds. The summed E-state index contributed by atoms with van der Waals surface area (Å²) in [5.74, 6) is 1.02. The third-order valence-corrected chi connectivity index (χ3v) is 2.18. The summed E-state index contributed by atoms with van der Waals surface area (Å²) >= 11 is 3.40. The number of nitrogens with one attached hydrogen (secondary N) is 1. The largest absolute Gasteiger partial charge is 0.468 e. The van der Waals surface area contributed by atoms with Gasteiger partial charge < -0.3 is 9.73 Å². The van der Waals surface area contributed by atoms with E-state index < -0.39 is 0 Å². The van der Waals surface area contributed by atoms with Crippen LogP contribution in [0.2, 0.25) is 0 Å². The third-order valence-electron chi connectivity index (χ3n) is 1.47. The van der Waals surface area contributed by atoms with E-state index in [0.29, 0.717) is 0 Å². The predicted octanol–water partition coefficient (Wildman–Crippen LogP) is 2.19. The van der Waals surface area contributed by atoms with Crippen LogP contribution in [0.15, 0.2) is 21.2 Å². The van der Waals surface area contributed by atoms with Gasteiger partial charge in [-0.1, -0.05) is 6.92 Å². The molecule has 0 aliphatic rings. The van der Waals surface area contributed by atoms with E-state index in [2.05, 4.69) is 28.2 Å². The Kier molecular flexibility index (Phi) is 3.66. The van der Waals surface area contributed by atoms with E-state index in [1.54, 1.807) is 6.26 Å². The first-order valence-electron chi connectivity index (χ1n) is 3.77. The summed E-state index contributed by atoms with van der Waals surface area (Å²) in [6.07, 6.45) is 2.65. The third kappa shape index (κ3) is 2.67. The molecule has 11 heavy (non-hydrogen) atoms. The summed E-state index contributed by atoms with van der Waals surface area (Å²) in [5.41, 5.74) is 0. The summed E-state index contributed by atoms with van der Waals surface area (Å²) in [6, 6.07) is 1.92. The number of halogens is 1. The molecule has 1 rings (SSSR count). The molecule has 0 spiro atoms. The fourth-order valence-electron chi connectivity index (χ4n) is 0.882. The minimum atomic E-state index is 0.946. The zero-order valence-corrected chi connectivity index (χ0v) is 8.15. The minimum absolute atomic E-state index is 0.946. The Morgan fingerprint density at radius 1 is 1.64 bits per heavy atom. The maximum Gasteiger partial charge on any atom is 0.119 e. The fraction of sp³-hybridized carbons (Fsp3) is 0.500. The normalized spacial score (nSPS) is 10.4. The molecule has 0 radical (unpaired) electrons. The molecular weight excluding hydrogens is 206 g/mol. The first-order valence-corrected chi connectivity index (χ1v) is 4.56. The zero-order valence-electron chi connectivity index (χ0n) is 6.56. The Morgan fingerprint density at radius 2 is 2.45 bits per heavy atom. The lowest BCUT2D eigenvalue weighted by Gasteiger charge is -1.98. The summed E-state index contributed by atoms with van der Waals surface area (Å²) in [7, 11) is 0. The van der Waals surface area contributed by atoms with Crippen LogP contribution < -0.4 is 5.32 Å². The van der Waals surface area contributed by atoms with Crippen LogP contribution in [0, 0.1) is 0 Å². The Labute approximate surface area is 75.1 Å². The van der Waals surface area contributed by atoms with E-state index in [-0.39, 0.29) is 0 Å². The van der Waals surface area contributed by atoms with Gasteiger partial charge in [0.15, 0.2) is 0 Å². The Bertz CT molecular complexity index is 210. The Morgan fingerprint density at radius 3 is 3.00 bits per heavy atom. The molecule has 0 unspecified atom stereocenters.